The van der Waals surface area contributed by atoms with Gasteiger partial charge >= 0.3 is 0 Å². The Kier molecular flexibility index (Phi) is 2.70. The zero-order valence-electron chi connectivity index (χ0n) is 6.37. The van der Waals surface area contributed by atoms with E-state index in [4.69, 9.17) is 5.11 Å². The number of carbonyl (C=O) groups excluding carboxylic acids is 1. The minimum absolute atomic E-state index is 0.0304. The Balaban J connectivity index is 3.26. The number of aldehydes is 1. The molecule has 1 aromatic rings. The minimum atomic E-state index is -0.694. The number of carbonyl (C=O) groups is 1. The van der Waals surface area contributed by atoms with Crippen molar-refractivity contribution in [3.63, 3.8) is 0 Å². The number of aromatic hydroxyl groups is 1. The first kappa shape index (κ1) is 9.06. The van der Waals surface area contributed by atoms with Crippen LogP contribution in [0.3, 0.4) is 0 Å². The fourth-order valence-electron chi connectivity index (χ4n) is 0.812. The van der Waals surface area contributed by atoms with Crippen molar-refractivity contribution >= 4 is 18.0 Å². The highest BCUT2D eigenvalue weighted by Crippen LogP contribution is 2.28. The molecule has 64 valence electrons. The highest BCUT2D eigenvalue weighted by Gasteiger charge is 2.07. The minimum Gasteiger partial charge on any atom is -0.507 e. The summed E-state index contributed by atoms with van der Waals surface area (Å²) in [5, 5.41) is 9.13. The average Bonchev–Trinajstić information content (AvgIpc) is 2.05. The Bertz CT molecular complexity index is 312. The molecule has 0 fully saturated rings. The number of benzene rings is 1. The second kappa shape index (κ2) is 3.58. The molecule has 0 radical (unpaired) electrons. The maximum absolute atomic E-state index is 12.8. The lowest BCUT2D eigenvalue weighted by Gasteiger charge is -2.01. The molecule has 12 heavy (non-hydrogen) atoms. The number of phenolic OH excluding ortho intramolecular Hbond substituents is 1. The SMILES string of the molecule is CSc1cc(C=O)c(F)cc1O. The maximum Gasteiger partial charge on any atom is 0.153 e. The fourth-order valence-corrected chi connectivity index (χ4v) is 1.33. The van der Waals surface area contributed by atoms with E-state index in [9.17, 15) is 9.18 Å². The largest absolute Gasteiger partial charge is 0.507 e. The van der Waals surface area contributed by atoms with Crippen LogP contribution in [0.1, 0.15) is 10.4 Å². The summed E-state index contributed by atoms with van der Waals surface area (Å²) >= 11 is 1.26. The van der Waals surface area contributed by atoms with E-state index in [0.29, 0.717) is 11.2 Å². The molecule has 1 aromatic carbocycles. The third-order valence-electron chi connectivity index (χ3n) is 1.43. The summed E-state index contributed by atoms with van der Waals surface area (Å²) in [7, 11) is 0. The van der Waals surface area contributed by atoms with Gasteiger partial charge in [-0.15, -0.1) is 11.8 Å². The van der Waals surface area contributed by atoms with Gasteiger partial charge in [0.25, 0.3) is 0 Å². The quantitative estimate of drug-likeness (QED) is 0.567. The summed E-state index contributed by atoms with van der Waals surface area (Å²) in [6, 6.07) is 2.26. The Hall–Kier alpha value is -1.03. The fraction of sp³-hybridized carbons (Fsp3) is 0.125. The molecule has 0 amide bonds. The van der Waals surface area contributed by atoms with Crippen molar-refractivity contribution in [3.05, 3.63) is 23.5 Å². The summed E-state index contributed by atoms with van der Waals surface area (Å²) in [6.45, 7) is 0. The third-order valence-corrected chi connectivity index (χ3v) is 2.19. The highest BCUT2D eigenvalue weighted by atomic mass is 32.2. The summed E-state index contributed by atoms with van der Waals surface area (Å²) in [4.78, 5) is 10.8. The Morgan fingerprint density at radius 1 is 1.58 bits per heavy atom. The van der Waals surface area contributed by atoms with E-state index in [-0.39, 0.29) is 11.3 Å². The van der Waals surface area contributed by atoms with E-state index in [1.165, 1.54) is 17.8 Å². The van der Waals surface area contributed by atoms with Crippen LogP contribution in [0.4, 0.5) is 4.39 Å². The van der Waals surface area contributed by atoms with Crippen molar-refractivity contribution in [2.75, 3.05) is 6.26 Å². The van der Waals surface area contributed by atoms with Gasteiger partial charge in [-0.05, 0) is 12.3 Å². The lowest BCUT2D eigenvalue weighted by Crippen LogP contribution is -1.88. The second-order valence-electron chi connectivity index (χ2n) is 2.16. The number of phenols is 1. The summed E-state index contributed by atoms with van der Waals surface area (Å²) < 4.78 is 12.8. The normalized spacial score (nSPS) is 9.83. The van der Waals surface area contributed by atoms with Crippen LogP contribution >= 0.6 is 11.8 Å². The molecule has 0 aliphatic heterocycles. The maximum atomic E-state index is 12.8. The molecule has 0 aliphatic rings. The first-order valence-corrected chi connectivity index (χ1v) is 4.43. The molecule has 0 atom stereocenters. The number of hydrogen-bond donors (Lipinski definition) is 1. The smallest absolute Gasteiger partial charge is 0.153 e. The van der Waals surface area contributed by atoms with Crippen LogP contribution < -0.4 is 0 Å². The first-order chi connectivity index (χ1) is 5.69. The van der Waals surface area contributed by atoms with Gasteiger partial charge in [0.15, 0.2) is 6.29 Å². The Morgan fingerprint density at radius 2 is 2.25 bits per heavy atom. The number of hydrogen-bond acceptors (Lipinski definition) is 3. The number of rotatable bonds is 2. The van der Waals surface area contributed by atoms with Crippen molar-refractivity contribution in [2.24, 2.45) is 0 Å². The first-order valence-electron chi connectivity index (χ1n) is 3.20. The van der Waals surface area contributed by atoms with Crippen LogP contribution in [0.25, 0.3) is 0 Å². The zero-order valence-corrected chi connectivity index (χ0v) is 7.19. The van der Waals surface area contributed by atoms with Gasteiger partial charge in [-0.1, -0.05) is 0 Å². The van der Waals surface area contributed by atoms with E-state index in [0.717, 1.165) is 6.07 Å². The standard InChI is InChI=1S/C8H7FO2S/c1-12-8-2-5(4-10)6(9)3-7(8)11/h2-4,11H,1H3. The monoisotopic (exact) mass is 186 g/mol. The molecule has 0 spiro atoms. The van der Waals surface area contributed by atoms with Crippen LogP contribution in [-0.4, -0.2) is 17.6 Å². The predicted molar refractivity (Wildman–Crippen MR) is 45.2 cm³/mol. The Morgan fingerprint density at radius 3 is 2.75 bits per heavy atom. The number of halogens is 1. The molecule has 0 unspecified atom stereocenters. The van der Waals surface area contributed by atoms with Gasteiger partial charge < -0.3 is 5.11 Å². The van der Waals surface area contributed by atoms with Crippen molar-refractivity contribution in [2.45, 2.75) is 4.90 Å². The summed E-state index contributed by atoms with van der Waals surface area (Å²) in [6.07, 6.45) is 2.16. The molecule has 0 heterocycles. The summed E-state index contributed by atoms with van der Waals surface area (Å²) in [5.41, 5.74) is -0.0304. The molecule has 1 N–H and O–H groups in total. The van der Waals surface area contributed by atoms with Crippen LogP contribution in [-0.2, 0) is 0 Å². The van der Waals surface area contributed by atoms with Gasteiger partial charge in [0, 0.05) is 11.0 Å². The van der Waals surface area contributed by atoms with E-state index in [1.54, 1.807) is 6.26 Å². The molecule has 0 bridgehead atoms. The van der Waals surface area contributed by atoms with E-state index in [1.807, 2.05) is 0 Å². The van der Waals surface area contributed by atoms with E-state index in [2.05, 4.69) is 0 Å². The van der Waals surface area contributed by atoms with Crippen LogP contribution in [0.5, 0.6) is 5.75 Å². The zero-order chi connectivity index (χ0) is 9.14. The van der Waals surface area contributed by atoms with Crippen LogP contribution in [0, 0.1) is 5.82 Å². The molecule has 0 saturated carbocycles. The molecular weight excluding hydrogens is 179 g/mol. The third kappa shape index (κ3) is 1.58. The molecule has 1 rings (SSSR count). The predicted octanol–water partition coefficient (Wildman–Crippen LogP) is 2.07. The van der Waals surface area contributed by atoms with Gasteiger partial charge in [0.2, 0.25) is 0 Å². The van der Waals surface area contributed by atoms with E-state index < -0.39 is 5.82 Å². The number of thioether (sulfide) groups is 1. The van der Waals surface area contributed by atoms with Crippen molar-refractivity contribution in [3.8, 4) is 5.75 Å². The molecule has 0 aromatic heterocycles. The van der Waals surface area contributed by atoms with Gasteiger partial charge in [-0.25, -0.2) is 4.39 Å². The topological polar surface area (TPSA) is 37.3 Å². The van der Waals surface area contributed by atoms with Crippen molar-refractivity contribution < 1.29 is 14.3 Å². The lowest BCUT2D eigenvalue weighted by molar-refractivity contribution is 0.111. The van der Waals surface area contributed by atoms with E-state index >= 15 is 0 Å². The van der Waals surface area contributed by atoms with Gasteiger partial charge in [0.05, 0.1) is 5.56 Å². The van der Waals surface area contributed by atoms with Crippen molar-refractivity contribution in [1.82, 2.24) is 0 Å². The van der Waals surface area contributed by atoms with Gasteiger partial charge in [-0.2, -0.15) is 0 Å². The van der Waals surface area contributed by atoms with Gasteiger partial charge in [-0.3, -0.25) is 4.79 Å². The average molecular weight is 186 g/mol. The van der Waals surface area contributed by atoms with Gasteiger partial charge in [0.1, 0.15) is 11.6 Å². The van der Waals surface area contributed by atoms with Crippen LogP contribution in [0.15, 0.2) is 17.0 Å². The Labute approximate surface area is 73.4 Å². The summed E-state index contributed by atoms with van der Waals surface area (Å²) in [5.74, 6) is -0.828. The molecule has 0 aliphatic carbocycles. The highest BCUT2D eigenvalue weighted by molar-refractivity contribution is 7.98. The lowest BCUT2D eigenvalue weighted by atomic mass is 10.2. The molecule has 0 saturated heterocycles. The van der Waals surface area contributed by atoms with Crippen molar-refractivity contribution in [1.29, 1.82) is 0 Å². The molecule has 4 heteroatoms. The van der Waals surface area contributed by atoms with Crippen LogP contribution in [0.2, 0.25) is 0 Å². The second-order valence-corrected chi connectivity index (χ2v) is 3.01. The molecular formula is C8H7FO2S. The molecule has 2 nitrogen and oxygen atoms in total.